The zero-order valence-electron chi connectivity index (χ0n) is 10.1. The third-order valence-corrected chi connectivity index (χ3v) is 3.34. The van der Waals surface area contributed by atoms with Gasteiger partial charge in [-0.2, -0.15) is 18.3 Å². The van der Waals surface area contributed by atoms with Gasteiger partial charge in [-0.25, -0.2) is 9.89 Å². The quantitative estimate of drug-likeness (QED) is 0.740. The van der Waals surface area contributed by atoms with Crippen molar-refractivity contribution in [3.63, 3.8) is 0 Å². The highest BCUT2D eigenvalue weighted by Gasteiger charge is 2.44. The van der Waals surface area contributed by atoms with E-state index < -0.39 is 23.9 Å². The average Bonchev–Trinajstić information content (AvgIpc) is 2.74. The first-order chi connectivity index (χ1) is 8.86. The van der Waals surface area contributed by atoms with E-state index in [2.05, 4.69) is 15.2 Å². The van der Waals surface area contributed by atoms with Gasteiger partial charge in [-0.15, -0.1) is 0 Å². The van der Waals surface area contributed by atoms with E-state index in [-0.39, 0.29) is 12.8 Å². The monoisotopic (exact) mass is 280 g/mol. The fourth-order valence-corrected chi connectivity index (χ4v) is 2.29. The molecule has 0 aliphatic carbocycles. The third-order valence-electron chi connectivity index (χ3n) is 3.34. The molecule has 9 heteroatoms. The van der Waals surface area contributed by atoms with Gasteiger partial charge in [-0.1, -0.05) is 0 Å². The maximum absolute atomic E-state index is 12.4. The number of alkyl halides is 3. The Morgan fingerprint density at radius 1 is 1.42 bits per heavy atom. The van der Waals surface area contributed by atoms with E-state index in [1.807, 2.05) is 4.90 Å². The van der Waals surface area contributed by atoms with E-state index >= 15 is 0 Å². The number of H-pyrrole nitrogens is 2. The lowest BCUT2D eigenvalue weighted by atomic mass is 9.91. The zero-order chi connectivity index (χ0) is 14.0. The summed E-state index contributed by atoms with van der Waals surface area (Å²) in [5, 5.41) is 15.1. The number of rotatable bonds is 3. The lowest BCUT2D eigenvalue weighted by Gasteiger charge is -2.34. The van der Waals surface area contributed by atoms with Crippen LogP contribution < -0.4 is 5.69 Å². The molecule has 1 unspecified atom stereocenters. The van der Waals surface area contributed by atoms with Crippen molar-refractivity contribution in [2.75, 3.05) is 13.1 Å². The normalized spacial score (nSPS) is 20.6. The second-order valence-electron chi connectivity index (χ2n) is 4.72. The molecule has 19 heavy (non-hydrogen) atoms. The Morgan fingerprint density at radius 3 is 2.53 bits per heavy atom. The van der Waals surface area contributed by atoms with Crippen molar-refractivity contribution < 1.29 is 18.3 Å². The topological polar surface area (TPSA) is 85.0 Å². The lowest BCUT2D eigenvalue weighted by molar-refractivity contribution is -0.223. The fraction of sp³-hybridized carbons (Fsp3) is 0.800. The average molecular weight is 280 g/mol. The number of hydrogen-bond acceptors (Lipinski definition) is 4. The minimum Gasteiger partial charge on any atom is -0.383 e. The summed E-state index contributed by atoms with van der Waals surface area (Å²) >= 11 is 0. The number of aromatic amines is 2. The smallest absolute Gasteiger partial charge is 0.383 e. The Bertz CT molecular complexity index is 462. The molecule has 1 atom stereocenters. The highest BCUT2D eigenvalue weighted by molar-refractivity contribution is 4.85. The van der Waals surface area contributed by atoms with Gasteiger partial charge in [-0.05, 0) is 31.8 Å². The minimum absolute atomic E-state index is 0.273. The standard InChI is InChI=1S/C10H15F3N4O2/c11-10(12,13)8(18)6-1-3-17(4-2-6)5-7-14-9(19)16-15-7/h6,8,18H,1-5H2,(H2,14,15,16,19). The molecule has 108 valence electrons. The fourth-order valence-electron chi connectivity index (χ4n) is 2.29. The van der Waals surface area contributed by atoms with Crippen LogP contribution in [0.3, 0.4) is 0 Å². The van der Waals surface area contributed by atoms with E-state index in [1.54, 1.807) is 0 Å². The van der Waals surface area contributed by atoms with Gasteiger partial charge in [0.1, 0.15) is 5.82 Å². The molecule has 0 saturated carbocycles. The van der Waals surface area contributed by atoms with Gasteiger partial charge in [0.25, 0.3) is 0 Å². The van der Waals surface area contributed by atoms with Gasteiger partial charge in [0.15, 0.2) is 6.10 Å². The third kappa shape index (κ3) is 3.57. The molecule has 1 aromatic heterocycles. The molecule has 2 rings (SSSR count). The molecule has 6 nitrogen and oxygen atoms in total. The molecule has 1 aromatic rings. The van der Waals surface area contributed by atoms with Gasteiger partial charge in [0, 0.05) is 0 Å². The minimum atomic E-state index is -4.56. The summed E-state index contributed by atoms with van der Waals surface area (Å²) in [6.07, 6.45) is -6.26. The number of nitrogens with one attached hydrogen (secondary N) is 2. The number of piperidine rings is 1. The number of nitrogens with zero attached hydrogens (tertiary/aromatic N) is 2. The van der Waals surface area contributed by atoms with Crippen molar-refractivity contribution in [3.8, 4) is 0 Å². The van der Waals surface area contributed by atoms with Crippen molar-refractivity contribution >= 4 is 0 Å². The summed E-state index contributed by atoms with van der Waals surface area (Å²) in [6, 6.07) is 0. The van der Waals surface area contributed by atoms with E-state index in [9.17, 15) is 23.1 Å². The number of aromatic nitrogens is 3. The number of halogens is 3. The molecule has 0 amide bonds. The number of aliphatic hydroxyl groups is 1. The largest absolute Gasteiger partial charge is 0.414 e. The molecular formula is C10H15F3N4O2. The summed E-state index contributed by atoms with van der Waals surface area (Å²) in [7, 11) is 0. The van der Waals surface area contributed by atoms with Gasteiger partial charge in [0.2, 0.25) is 0 Å². The van der Waals surface area contributed by atoms with Crippen LogP contribution in [0, 0.1) is 5.92 Å². The van der Waals surface area contributed by atoms with E-state index in [0.717, 1.165) is 0 Å². The van der Waals surface area contributed by atoms with E-state index in [1.165, 1.54) is 0 Å². The molecule has 0 spiro atoms. The maximum Gasteiger partial charge on any atom is 0.414 e. The van der Waals surface area contributed by atoms with Gasteiger partial charge >= 0.3 is 11.9 Å². The van der Waals surface area contributed by atoms with E-state index in [4.69, 9.17) is 0 Å². The van der Waals surface area contributed by atoms with Gasteiger partial charge in [0.05, 0.1) is 6.54 Å². The first-order valence-electron chi connectivity index (χ1n) is 5.97. The SMILES string of the molecule is O=c1[nH]nc(CN2CCC(C(O)C(F)(F)F)CC2)[nH]1. The van der Waals surface area contributed by atoms with Crippen LogP contribution in [0.2, 0.25) is 0 Å². The molecule has 1 fully saturated rings. The van der Waals surface area contributed by atoms with Gasteiger partial charge < -0.3 is 5.11 Å². The van der Waals surface area contributed by atoms with Crippen LogP contribution in [0.4, 0.5) is 13.2 Å². The van der Waals surface area contributed by atoms with Crippen LogP contribution >= 0.6 is 0 Å². The summed E-state index contributed by atoms with van der Waals surface area (Å²) in [4.78, 5) is 15.2. The van der Waals surface area contributed by atoms with Crippen molar-refractivity contribution in [1.82, 2.24) is 20.1 Å². The first-order valence-corrected chi connectivity index (χ1v) is 5.97. The van der Waals surface area contributed by atoms with Crippen LogP contribution in [0.25, 0.3) is 0 Å². The summed E-state index contributed by atoms with van der Waals surface area (Å²) in [5.74, 6) is -0.297. The lowest BCUT2D eigenvalue weighted by Crippen LogP contribution is -2.43. The second kappa shape index (κ2) is 5.33. The number of aliphatic hydroxyl groups excluding tert-OH is 1. The zero-order valence-corrected chi connectivity index (χ0v) is 10.1. The first kappa shape index (κ1) is 14.1. The Kier molecular flexibility index (Phi) is 3.95. The van der Waals surface area contributed by atoms with Crippen molar-refractivity contribution in [1.29, 1.82) is 0 Å². The van der Waals surface area contributed by atoms with Crippen LogP contribution in [-0.4, -0.2) is 50.6 Å². The maximum atomic E-state index is 12.4. The van der Waals surface area contributed by atoms with E-state index in [0.29, 0.717) is 25.5 Å². The molecule has 1 aliphatic heterocycles. The molecule has 0 radical (unpaired) electrons. The molecular weight excluding hydrogens is 265 g/mol. The van der Waals surface area contributed by atoms with Crippen LogP contribution in [0.5, 0.6) is 0 Å². The van der Waals surface area contributed by atoms with Gasteiger partial charge in [-0.3, -0.25) is 9.88 Å². The number of likely N-dealkylation sites (tertiary alicyclic amines) is 1. The molecule has 0 aromatic carbocycles. The molecule has 1 aliphatic rings. The number of hydrogen-bond donors (Lipinski definition) is 3. The van der Waals surface area contributed by atoms with Crippen LogP contribution in [0.1, 0.15) is 18.7 Å². The molecule has 1 saturated heterocycles. The highest BCUT2D eigenvalue weighted by Crippen LogP contribution is 2.31. The van der Waals surface area contributed by atoms with Crippen molar-refractivity contribution in [3.05, 3.63) is 16.3 Å². The molecule has 2 heterocycles. The Balaban J connectivity index is 1.84. The van der Waals surface area contributed by atoms with Crippen LogP contribution in [0.15, 0.2) is 4.79 Å². The molecule has 3 N–H and O–H groups in total. The summed E-state index contributed by atoms with van der Waals surface area (Å²) in [6.45, 7) is 1.26. The van der Waals surface area contributed by atoms with Crippen LogP contribution in [-0.2, 0) is 6.54 Å². The Morgan fingerprint density at radius 2 is 2.05 bits per heavy atom. The Labute approximate surface area is 106 Å². The summed E-state index contributed by atoms with van der Waals surface area (Å²) in [5.41, 5.74) is -0.405. The second-order valence-corrected chi connectivity index (χ2v) is 4.72. The summed E-state index contributed by atoms with van der Waals surface area (Å²) < 4.78 is 37.1. The Hall–Kier alpha value is -1.35. The predicted molar refractivity (Wildman–Crippen MR) is 59.3 cm³/mol. The van der Waals surface area contributed by atoms with Crippen molar-refractivity contribution in [2.24, 2.45) is 5.92 Å². The van der Waals surface area contributed by atoms with Crippen molar-refractivity contribution in [2.45, 2.75) is 31.7 Å². The predicted octanol–water partition coefficient (Wildman–Crippen LogP) is 0.233. The molecule has 0 bridgehead atoms. The highest BCUT2D eigenvalue weighted by atomic mass is 19.4.